The summed E-state index contributed by atoms with van der Waals surface area (Å²) in [7, 11) is 0. The van der Waals surface area contributed by atoms with Crippen molar-refractivity contribution in [2.45, 2.75) is 6.92 Å². The molecule has 0 aliphatic rings. The number of aryl methyl sites for hydroxylation is 1. The number of imidazole rings is 1. The van der Waals surface area contributed by atoms with E-state index in [1.165, 1.54) is 0 Å². The molecule has 0 unspecified atom stereocenters. The number of hydrogen-bond acceptors (Lipinski definition) is 1. The van der Waals surface area contributed by atoms with Crippen molar-refractivity contribution in [1.29, 1.82) is 0 Å². The Morgan fingerprint density at radius 2 is 2.25 bits per heavy atom. The van der Waals surface area contributed by atoms with Gasteiger partial charge in [0, 0.05) is 11.9 Å². The van der Waals surface area contributed by atoms with Crippen LogP contribution in [0.4, 0.5) is 0 Å². The summed E-state index contributed by atoms with van der Waals surface area (Å²) in [6, 6.07) is 0. The van der Waals surface area contributed by atoms with E-state index in [9.17, 15) is 0 Å². The Balaban J connectivity index is 0.000000490. The molecule has 0 fully saturated rings. The van der Waals surface area contributed by atoms with Gasteiger partial charge in [0.2, 0.25) is 0 Å². The van der Waals surface area contributed by atoms with Crippen molar-refractivity contribution in [3.05, 3.63) is 16.7 Å². The zero-order valence-electron chi connectivity index (χ0n) is 4.39. The van der Waals surface area contributed by atoms with Crippen LogP contribution >= 0.6 is 24.6 Å². The van der Waals surface area contributed by atoms with Crippen LogP contribution in [0.5, 0.6) is 0 Å². The zero-order chi connectivity index (χ0) is 5.28. The second-order valence-corrected chi connectivity index (χ2v) is 1.83. The van der Waals surface area contributed by atoms with Gasteiger partial charge in [0.15, 0.2) is 4.77 Å². The van der Waals surface area contributed by atoms with E-state index >= 15 is 0 Å². The largest absolute Gasteiger partial charge is 0.337 e. The molecule has 8 heavy (non-hydrogen) atoms. The highest BCUT2D eigenvalue weighted by atomic mass is 35.5. The van der Waals surface area contributed by atoms with Crippen molar-refractivity contribution in [2.24, 2.45) is 0 Å². The van der Waals surface area contributed by atoms with Crippen molar-refractivity contribution in [3.63, 3.8) is 0 Å². The number of nitrogens with one attached hydrogen (secondary N) is 2. The number of aromatic nitrogens is 2. The Hall–Kier alpha value is -0.280. The van der Waals surface area contributed by atoms with Gasteiger partial charge in [0.05, 0.1) is 0 Å². The van der Waals surface area contributed by atoms with E-state index in [2.05, 4.69) is 9.97 Å². The number of hydrogen-bond donors (Lipinski definition) is 2. The van der Waals surface area contributed by atoms with Crippen LogP contribution in [0, 0.1) is 11.7 Å². The Bertz CT molecular complexity index is 202. The highest BCUT2D eigenvalue weighted by Crippen LogP contribution is 1.85. The first-order valence-corrected chi connectivity index (χ1v) is 2.44. The quantitative estimate of drug-likeness (QED) is 0.543. The predicted octanol–water partition coefficient (Wildman–Crippen LogP) is 1.80. The van der Waals surface area contributed by atoms with Gasteiger partial charge in [-0.15, -0.1) is 12.4 Å². The lowest BCUT2D eigenvalue weighted by Gasteiger charge is -1.68. The van der Waals surface area contributed by atoms with E-state index in [1.54, 1.807) is 0 Å². The van der Waals surface area contributed by atoms with E-state index in [-0.39, 0.29) is 12.4 Å². The van der Waals surface area contributed by atoms with Gasteiger partial charge in [-0.25, -0.2) is 0 Å². The van der Waals surface area contributed by atoms with Crippen LogP contribution in [-0.4, -0.2) is 9.97 Å². The Morgan fingerprint density at radius 3 is 2.38 bits per heavy atom. The highest BCUT2D eigenvalue weighted by Gasteiger charge is 1.77. The van der Waals surface area contributed by atoms with E-state index in [0.29, 0.717) is 4.77 Å². The average molecular weight is 151 g/mol. The van der Waals surface area contributed by atoms with Crippen LogP contribution < -0.4 is 0 Å². The standard InChI is InChI=1S/C4H6N2S.ClH/c1-3-2-5-4(7)6-3;/h2H,1H3,(H2,5,6,7);1H. The van der Waals surface area contributed by atoms with Crippen molar-refractivity contribution in [1.82, 2.24) is 9.97 Å². The van der Waals surface area contributed by atoms with Crippen LogP contribution in [0.25, 0.3) is 0 Å². The monoisotopic (exact) mass is 150 g/mol. The van der Waals surface area contributed by atoms with Crippen molar-refractivity contribution >= 4 is 24.6 Å². The van der Waals surface area contributed by atoms with Crippen molar-refractivity contribution in [2.75, 3.05) is 0 Å². The van der Waals surface area contributed by atoms with Gasteiger partial charge in [-0.05, 0) is 19.1 Å². The fraction of sp³-hybridized carbons (Fsp3) is 0.250. The lowest BCUT2D eigenvalue weighted by molar-refractivity contribution is 1.22. The molecule has 1 aromatic heterocycles. The third-order valence-corrected chi connectivity index (χ3v) is 0.950. The molecule has 4 heteroatoms. The SMILES string of the molecule is Cc1c[nH]c(=S)[nH]1.Cl. The van der Waals surface area contributed by atoms with Crippen molar-refractivity contribution < 1.29 is 0 Å². The van der Waals surface area contributed by atoms with Crippen LogP contribution in [-0.2, 0) is 0 Å². The minimum atomic E-state index is 0. The van der Waals surface area contributed by atoms with Gasteiger partial charge in [0.25, 0.3) is 0 Å². The first-order valence-electron chi connectivity index (χ1n) is 2.03. The van der Waals surface area contributed by atoms with Gasteiger partial charge >= 0.3 is 0 Å². The smallest absolute Gasteiger partial charge is 0.174 e. The van der Waals surface area contributed by atoms with Gasteiger partial charge in [-0.1, -0.05) is 0 Å². The highest BCUT2D eigenvalue weighted by molar-refractivity contribution is 7.71. The summed E-state index contributed by atoms with van der Waals surface area (Å²) in [6.07, 6.45) is 1.84. The summed E-state index contributed by atoms with van der Waals surface area (Å²) in [6.45, 7) is 1.95. The van der Waals surface area contributed by atoms with Gasteiger partial charge < -0.3 is 9.97 Å². The molecule has 46 valence electrons. The van der Waals surface area contributed by atoms with E-state index in [4.69, 9.17) is 12.2 Å². The van der Waals surface area contributed by atoms with Gasteiger partial charge in [-0.2, -0.15) is 0 Å². The third kappa shape index (κ3) is 1.68. The minimum Gasteiger partial charge on any atom is -0.337 e. The maximum Gasteiger partial charge on any atom is 0.174 e. The molecule has 1 aromatic rings. The predicted molar refractivity (Wildman–Crippen MR) is 38.0 cm³/mol. The number of rotatable bonds is 0. The molecule has 0 saturated heterocycles. The van der Waals surface area contributed by atoms with E-state index in [0.717, 1.165) is 5.69 Å². The molecule has 0 saturated carbocycles. The summed E-state index contributed by atoms with van der Waals surface area (Å²) in [4.78, 5) is 5.73. The third-order valence-electron chi connectivity index (χ3n) is 0.730. The summed E-state index contributed by atoms with van der Waals surface area (Å²) in [5.74, 6) is 0. The first-order chi connectivity index (χ1) is 3.29. The summed E-state index contributed by atoms with van der Waals surface area (Å²) >= 11 is 4.72. The zero-order valence-corrected chi connectivity index (χ0v) is 6.03. The molecular weight excluding hydrogens is 144 g/mol. The molecule has 1 rings (SSSR count). The lowest BCUT2D eigenvalue weighted by Crippen LogP contribution is -1.62. The molecule has 0 aliphatic carbocycles. The fourth-order valence-corrected chi connectivity index (χ4v) is 0.645. The Kier molecular flexibility index (Phi) is 2.79. The van der Waals surface area contributed by atoms with Gasteiger partial charge in [-0.3, -0.25) is 0 Å². The average Bonchev–Trinajstić information content (AvgIpc) is 1.87. The second kappa shape index (κ2) is 2.89. The van der Waals surface area contributed by atoms with Crippen molar-refractivity contribution in [3.8, 4) is 0 Å². The van der Waals surface area contributed by atoms with Gasteiger partial charge in [0.1, 0.15) is 0 Å². The molecule has 0 spiro atoms. The lowest BCUT2D eigenvalue weighted by atomic mass is 10.6. The molecule has 0 aromatic carbocycles. The van der Waals surface area contributed by atoms with Crippen LogP contribution in [0.15, 0.2) is 6.20 Å². The normalized spacial score (nSPS) is 8.12. The van der Waals surface area contributed by atoms with E-state index in [1.807, 2.05) is 13.1 Å². The van der Waals surface area contributed by atoms with Crippen LogP contribution in [0.2, 0.25) is 0 Å². The fourth-order valence-electron chi connectivity index (χ4n) is 0.425. The number of aromatic amines is 2. The molecule has 0 aliphatic heterocycles. The molecule has 0 amide bonds. The molecular formula is C4H7ClN2S. The maximum atomic E-state index is 4.72. The number of halogens is 1. The second-order valence-electron chi connectivity index (χ2n) is 1.43. The summed E-state index contributed by atoms with van der Waals surface area (Å²) in [5.41, 5.74) is 1.07. The molecule has 0 atom stereocenters. The molecule has 2 N–H and O–H groups in total. The Morgan fingerprint density at radius 1 is 1.62 bits per heavy atom. The molecule has 0 bridgehead atoms. The topological polar surface area (TPSA) is 31.6 Å². The van der Waals surface area contributed by atoms with Crippen LogP contribution in [0.1, 0.15) is 5.69 Å². The molecule has 1 heterocycles. The first kappa shape index (κ1) is 7.72. The van der Waals surface area contributed by atoms with Crippen LogP contribution in [0.3, 0.4) is 0 Å². The molecule has 2 nitrogen and oxygen atoms in total. The molecule has 0 radical (unpaired) electrons. The number of H-pyrrole nitrogens is 2. The minimum absolute atomic E-state index is 0. The summed E-state index contributed by atoms with van der Waals surface area (Å²) in [5, 5.41) is 0. The van der Waals surface area contributed by atoms with E-state index < -0.39 is 0 Å². The maximum absolute atomic E-state index is 4.72. The summed E-state index contributed by atoms with van der Waals surface area (Å²) < 4.78 is 0.692. The Labute approximate surface area is 58.7 Å².